The van der Waals surface area contributed by atoms with E-state index in [-0.39, 0.29) is 11.9 Å². The molecule has 1 aromatic carbocycles. The zero-order valence-corrected chi connectivity index (χ0v) is 13.7. The van der Waals surface area contributed by atoms with E-state index in [0.717, 1.165) is 30.6 Å². The van der Waals surface area contributed by atoms with Gasteiger partial charge in [-0.05, 0) is 78.6 Å². The molecule has 1 amide bonds. The monoisotopic (exact) mass is 372 g/mol. The van der Waals surface area contributed by atoms with Crippen LogP contribution in [0.25, 0.3) is 0 Å². The lowest BCUT2D eigenvalue weighted by atomic mass is 9.90. The zero-order chi connectivity index (χ0) is 13.8. The number of amides is 1. The van der Waals surface area contributed by atoms with Crippen LogP contribution >= 0.6 is 22.6 Å². The van der Waals surface area contributed by atoms with Gasteiger partial charge in [-0.2, -0.15) is 0 Å². The van der Waals surface area contributed by atoms with E-state index in [1.54, 1.807) is 0 Å². The fourth-order valence-electron chi connectivity index (χ4n) is 2.55. The van der Waals surface area contributed by atoms with E-state index >= 15 is 0 Å². The van der Waals surface area contributed by atoms with Crippen molar-refractivity contribution in [3.63, 3.8) is 0 Å². The summed E-state index contributed by atoms with van der Waals surface area (Å²) in [6.07, 6.45) is 3.29. The lowest BCUT2D eigenvalue weighted by molar-refractivity contribution is -0.119. The molecule has 1 fully saturated rings. The summed E-state index contributed by atoms with van der Waals surface area (Å²) in [5.74, 6) is 0.775. The van der Waals surface area contributed by atoms with Gasteiger partial charge in [0.25, 0.3) is 0 Å². The molecular weight excluding hydrogens is 351 g/mol. The third-order valence-electron chi connectivity index (χ3n) is 3.85. The number of aryl methyl sites for hydroxylation is 1. The fraction of sp³-hybridized carbons (Fsp3) is 0.533. The van der Waals surface area contributed by atoms with E-state index in [2.05, 4.69) is 46.2 Å². The Hall–Kier alpha value is -0.620. The van der Waals surface area contributed by atoms with Crippen molar-refractivity contribution in [3.05, 3.63) is 27.3 Å². The third-order valence-corrected chi connectivity index (χ3v) is 4.52. The molecule has 0 radical (unpaired) electrons. The summed E-state index contributed by atoms with van der Waals surface area (Å²) < 4.78 is 1.19. The number of hydrogen-bond donors (Lipinski definition) is 2. The van der Waals surface area contributed by atoms with Crippen molar-refractivity contribution in [2.45, 2.75) is 39.2 Å². The minimum absolute atomic E-state index is 0.0441. The molecule has 2 atom stereocenters. The average Bonchev–Trinajstić information content (AvgIpc) is 2.42. The van der Waals surface area contributed by atoms with Gasteiger partial charge in [-0.15, -0.1) is 0 Å². The standard InChI is InChI=1S/C15H21IN2O/c1-3-11-6-7-17-14(9-11)15(19)18-13-5-4-12(16)8-10(13)2/h4-5,8,11,14,17H,3,6-7,9H2,1-2H3,(H,18,19). The first-order valence-electron chi connectivity index (χ1n) is 6.90. The summed E-state index contributed by atoms with van der Waals surface area (Å²) in [4.78, 5) is 12.3. The highest BCUT2D eigenvalue weighted by atomic mass is 127. The lowest BCUT2D eigenvalue weighted by Crippen LogP contribution is -2.46. The van der Waals surface area contributed by atoms with E-state index in [0.29, 0.717) is 5.92 Å². The van der Waals surface area contributed by atoms with Gasteiger partial charge >= 0.3 is 0 Å². The molecule has 2 rings (SSSR count). The number of anilines is 1. The highest BCUT2D eigenvalue weighted by Crippen LogP contribution is 2.22. The molecule has 104 valence electrons. The van der Waals surface area contributed by atoms with Crippen molar-refractivity contribution in [2.75, 3.05) is 11.9 Å². The van der Waals surface area contributed by atoms with E-state index in [4.69, 9.17) is 0 Å². The molecule has 0 aromatic heterocycles. The van der Waals surface area contributed by atoms with Gasteiger partial charge in [-0.25, -0.2) is 0 Å². The Morgan fingerprint density at radius 1 is 1.53 bits per heavy atom. The maximum Gasteiger partial charge on any atom is 0.241 e. The lowest BCUT2D eigenvalue weighted by Gasteiger charge is -2.29. The Morgan fingerprint density at radius 2 is 2.32 bits per heavy atom. The molecule has 1 saturated heterocycles. The van der Waals surface area contributed by atoms with Crippen LogP contribution in [-0.4, -0.2) is 18.5 Å². The number of piperidine rings is 1. The van der Waals surface area contributed by atoms with E-state index in [1.165, 1.54) is 9.99 Å². The minimum atomic E-state index is -0.0441. The summed E-state index contributed by atoms with van der Waals surface area (Å²) in [6.45, 7) is 5.18. The minimum Gasteiger partial charge on any atom is -0.324 e. The van der Waals surface area contributed by atoms with Crippen LogP contribution in [0.5, 0.6) is 0 Å². The zero-order valence-electron chi connectivity index (χ0n) is 11.5. The predicted octanol–water partition coefficient (Wildman–Crippen LogP) is 3.32. The van der Waals surface area contributed by atoms with Gasteiger partial charge in [0.2, 0.25) is 5.91 Å². The molecule has 4 heteroatoms. The number of halogens is 1. The molecule has 1 aliphatic rings. The Balaban J connectivity index is 2.00. The third kappa shape index (κ3) is 3.92. The van der Waals surface area contributed by atoms with Crippen LogP contribution in [0, 0.1) is 16.4 Å². The van der Waals surface area contributed by atoms with Crippen LogP contribution in [0.2, 0.25) is 0 Å². The van der Waals surface area contributed by atoms with Crippen molar-refractivity contribution in [1.82, 2.24) is 5.32 Å². The Morgan fingerprint density at radius 3 is 3.00 bits per heavy atom. The number of benzene rings is 1. The van der Waals surface area contributed by atoms with Gasteiger partial charge in [0.1, 0.15) is 0 Å². The van der Waals surface area contributed by atoms with Crippen molar-refractivity contribution in [3.8, 4) is 0 Å². The quantitative estimate of drug-likeness (QED) is 0.800. The fourth-order valence-corrected chi connectivity index (χ4v) is 3.20. The number of rotatable bonds is 3. The first-order valence-corrected chi connectivity index (χ1v) is 7.98. The van der Waals surface area contributed by atoms with E-state index in [1.807, 2.05) is 19.1 Å². The molecule has 19 heavy (non-hydrogen) atoms. The van der Waals surface area contributed by atoms with Crippen LogP contribution in [0.15, 0.2) is 18.2 Å². The molecule has 0 aliphatic carbocycles. The smallest absolute Gasteiger partial charge is 0.241 e. The second kappa shape index (κ2) is 6.70. The summed E-state index contributed by atoms with van der Waals surface area (Å²) in [5, 5.41) is 6.37. The predicted molar refractivity (Wildman–Crippen MR) is 87.3 cm³/mol. The van der Waals surface area contributed by atoms with Crippen molar-refractivity contribution >= 4 is 34.2 Å². The van der Waals surface area contributed by atoms with Crippen LogP contribution in [0.3, 0.4) is 0 Å². The Labute approximate surface area is 128 Å². The summed E-state index contributed by atoms with van der Waals surface area (Å²) >= 11 is 2.28. The van der Waals surface area contributed by atoms with Gasteiger partial charge < -0.3 is 10.6 Å². The molecular formula is C15H21IN2O. The second-order valence-electron chi connectivity index (χ2n) is 5.25. The topological polar surface area (TPSA) is 41.1 Å². The molecule has 3 nitrogen and oxygen atoms in total. The van der Waals surface area contributed by atoms with Crippen LogP contribution < -0.4 is 10.6 Å². The SMILES string of the molecule is CCC1CCNC(C(=O)Nc2ccc(I)cc2C)C1. The van der Waals surface area contributed by atoms with Gasteiger partial charge in [0, 0.05) is 9.26 Å². The van der Waals surface area contributed by atoms with Gasteiger partial charge in [0.15, 0.2) is 0 Å². The number of carbonyl (C=O) groups excluding carboxylic acids is 1. The Bertz CT molecular complexity index is 461. The summed E-state index contributed by atoms with van der Waals surface area (Å²) in [7, 11) is 0. The molecule has 0 spiro atoms. The first kappa shape index (κ1) is 14.8. The van der Waals surface area contributed by atoms with Crippen LogP contribution in [-0.2, 0) is 4.79 Å². The van der Waals surface area contributed by atoms with Crippen molar-refractivity contribution < 1.29 is 4.79 Å². The first-order chi connectivity index (χ1) is 9.10. The van der Waals surface area contributed by atoms with Gasteiger partial charge in [-0.3, -0.25) is 4.79 Å². The molecule has 2 N–H and O–H groups in total. The van der Waals surface area contributed by atoms with E-state index < -0.39 is 0 Å². The number of carbonyl (C=O) groups is 1. The van der Waals surface area contributed by atoms with Gasteiger partial charge in [0.05, 0.1) is 6.04 Å². The largest absolute Gasteiger partial charge is 0.324 e. The molecule has 1 heterocycles. The van der Waals surface area contributed by atoms with Crippen LogP contribution in [0.1, 0.15) is 31.7 Å². The molecule has 1 aromatic rings. The number of hydrogen-bond acceptors (Lipinski definition) is 2. The van der Waals surface area contributed by atoms with Gasteiger partial charge in [-0.1, -0.05) is 13.3 Å². The highest BCUT2D eigenvalue weighted by molar-refractivity contribution is 14.1. The normalized spacial score (nSPS) is 23.1. The van der Waals surface area contributed by atoms with Crippen molar-refractivity contribution in [2.24, 2.45) is 5.92 Å². The summed E-state index contributed by atoms with van der Waals surface area (Å²) in [5.41, 5.74) is 2.04. The second-order valence-corrected chi connectivity index (χ2v) is 6.50. The average molecular weight is 372 g/mol. The molecule has 0 saturated carbocycles. The summed E-state index contributed by atoms with van der Waals surface area (Å²) in [6, 6.07) is 6.04. The van der Waals surface area contributed by atoms with E-state index in [9.17, 15) is 4.79 Å². The molecule has 2 unspecified atom stereocenters. The van der Waals surface area contributed by atoms with Crippen LogP contribution in [0.4, 0.5) is 5.69 Å². The number of nitrogens with one attached hydrogen (secondary N) is 2. The Kier molecular flexibility index (Phi) is 5.21. The highest BCUT2D eigenvalue weighted by Gasteiger charge is 2.26. The van der Waals surface area contributed by atoms with Crippen molar-refractivity contribution in [1.29, 1.82) is 0 Å². The molecule has 1 aliphatic heterocycles. The maximum atomic E-state index is 12.3. The molecule has 0 bridgehead atoms. The maximum absolute atomic E-state index is 12.3.